The first-order chi connectivity index (χ1) is 13.6. The summed E-state index contributed by atoms with van der Waals surface area (Å²) < 4.78 is 1.85. The Kier molecular flexibility index (Phi) is 6.40. The van der Waals surface area contributed by atoms with Gasteiger partial charge < -0.3 is 10.6 Å². The van der Waals surface area contributed by atoms with Gasteiger partial charge in [-0.05, 0) is 44.0 Å². The summed E-state index contributed by atoms with van der Waals surface area (Å²) in [5.41, 5.74) is 10.6. The number of carbonyl (C=O) groups is 1. The van der Waals surface area contributed by atoms with Gasteiger partial charge in [0.05, 0.1) is 22.6 Å². The van der Waals surface area contributed by atoms with Gasteiger partial charge in [-0.1, -0.05) is 48.5 Å². The Morgan fingerprint density at radius 2 is 1.66 bits per heavy atom. The molecule has 2 N–H and O–H groups in total. The molecule has 1 aromatic heterocycles. The van der Waals surface area contributed by atoms with Gasteiger partial charge in [0.15, 0.2) is 0 Å². The molecule has 1 saturated heterocycles. The van der Waals surface area contributed by atoms with Crippen molar-refractivity contribution in [3.63, 3.8) is 0 Å². The van der Waals surface area contributed by atoms with E-state index in [4.69, 9.17) is 5.73 Å². The van der Waals surface area contributed by atoms with Crippen LogP contribution in [0, 0.1) is 19.8 Å². The molecular formula is C23H27ClN4O. The Bertz CT molecular complexity index is 971. The highest BCUT2D eigenvalue weighted by Crippen LogP contribution is 2.33. The van der Waals surface area contributed by atoms with Gasteiger partial charge in [0.1, 0.15) is 0 Å². The van der Waals surface area contributed by atoms with E-state index in [0.29, 0.717) is 25.2 Å². The third-order valence-corrected chi connectivity index (χ3v) is 5.76. The van der Waals surface area contributed by atoms with Crippen molar-refractivity contribution in [3.05, 3.63) is 83.2 Å². The number of nitrogens with two attached hydrogens (primary N) is 1. The van der Waals surface area contributed by atoms with Crippen LogP contribution in [0.2, 0.25) is 0 Å². The lowest BCUT2D eigenvalue weighted by Crippen LogP contribution is -2.30. The second kappa shape index (κ2) is 8.80. The van der Waals surface area contributed by atoms with E-state index in [0.717, 1.165) is 17.1 Å². The number of benzene rings is 2. The molecule has 152 valence electrons. The molecule has 1 aliphatic heterocycles. The Labute approximate surface area is 177 Å². The zero-order valence-corrected chi connectivity index (χ0v) is 17.6. The Morgan fingerprint density at radius 1 is 1.03 bits per heavy atom. The number of hydrogen-bond donors (Lipinski definition) is 1. The molecule has 29 heavy (non-hydrogen) atoms. The predicted molar refractivity (Wildman–Crippen MR) is 118 cm³/mol. The van der Waals surface area contributed by atoms with Gasteiger partial charge in [-0.2, -0.15) is 5.10 Å². The van der Waals surface area contributed by atoms with Crippen molar-refractivity contribution in [1.29, 1.82) is 0 Å². The number of likely N-dealkylation sites (tertiary alicyclic amines) is 1. The summed E-state index contributed by atoms with van der Waals surface area (Å²) in [6.45, 7) is 5.82. The molecular weight excluding hydrogens is 384 g/mol. The number of rotatable bonds is 4. The van der Waals surface area contributed by atoms with Gasteiger partial charge in [-0.25, -0.2) is 4.68 Å². The van der Waals surface area contributed by atoms with Crippen LogP contribution in [0.4, 0.5) is 0 Å². The highest BCUT2D eigenvalue weighted by Gasteiger charge is 2.37. The maximum Gasteiger partial charge on any atom is 0.257 e. The first kappa shape index (κ1) is 21.1. The van der Waals surface area contributed by atoms with E-state index in [2.05, 4.69) is 17.2 Å². The molecule has 0 spiro atoms. The van der Waals surface area contributed by atoms with Crippen LogP contribution in [0.25, 0.3) is 5.69 Å². The summed E-state index contributed by atoms with van der Waals surface area (Å²) in [5, 5.41) is 4.63. The molecule has 0 unspecified atom stereocenters. The average molecular weight is 411 g/mol. The van der Waals surface area contributed by atoms with E-state index >= 15 is 0 Å². The number of aromatic nitrogens is 2. The Hall–Kier alpha value is -2.63. The number of nitrogens with zero attached hydrogens (tertiary/aromatic N) is 3. The van der Waals surface area contributed by atoms with Crippen molar-refractivity contribution >= 4 is 18.3 Å². The molecule has 0 bridgehead atoms. The fourth-order valence-electron chi connectivity index (χ4n) is 4.28. The van der Waals surface area contributed by atoms with Crippen molar-refractivity contribution in [2.45, 2.75) is 19.8 Å². The zero-order chi connectivity index (χ0) is 19.7. The highest BCUT2D eigenvalue weighted by atomic mass is 35.5. The second-order valence-corrected chi connectivity index (χ2v) is 7.52. The van der Waals surface area contributed by atoms with Gasteiger partial charge in [-0.3, -0.25) is 4.79 Å². The Balaban J connectivity index is 0.00000240. The van der Waals surface area contributed by atoms with Crippen molar-refractivity contribution in [2.75, 3.05) is 19.6 Å². The molecule has 0 radical (unpaired) electrons. The third-order valence-electron chi connectivity index (χ3n) is 5.76. The number of carbonyl (C=O) groups excluding carboxylic acids is 1. The van der Waals surface area contributed by atoms with Crippen molar-refractivity contribution < 1.29 is 4.79 Å². The van der Waals surface area contributed by atoms with Crippen molar-refractivity contribution in [2.24, 2.45) is 11.7 Å². The molecule has 5 nitrogen and oxygen atoms in total. The summed E-state index contributed by atoms with van der Waals surface area (Å²) in [4.78, 5) is 15.3. The molecule has 0 aliphatic carbocycles. The molecule has 1 aliphatic rings. The molecule has 3 aromatic rings. The number of amides is 1. The summed E-state index contributed by atoms with van der Waals surface area (Å²) in [7, 11) is 0. The zero-order valence-electron chi connectivity index (χ0n) is 16.8. The quantitative estimate of drug-likeness (QED) is 0.712. The Morgan fingerprint density at radius 3 is 2.28 bits per heavy atom. The standard InChI is InChI=1S/C23H26N4O.ClH/c1-16-22(17(2)27(25-16)20-11-7-4-8-12-20)23(28)26-14-19(13-24)21(15-26)18-9-5-3-6-10-18;/h3-12,19,21H,13-15,24H2,1-2H3;1H/t19-,21+;/m1./s1. The van der Waals surface area contributed by atoms with Crippen LogP contribution < -0.4 is 5.73 Å². The monoisotopic (exact) mass is 410 g/mol. The van der Waals surface area contributed by atoms with Crippen LogP contribution in [0.3, 0.4) is 0 Å². The lowest BCUT2D eigenvalue weighted by atomic mass is 9.89. The van der Waals surface area contributed by atoms with Gasteiger partial charge in [0.2, 0.25) is 0 Å². The van der Waals surface area contributed by atoms with E-state index in [1.54, 1.807) is 0 Å². The lowest BCUT2D eigenvalue weighted by molar-refractivity contribution is 0.0785. The SMILES string of the molecule is Cc1nn(-c2ccccc2)c(C)c1C(=O)N1C[C@@H](CN)[C@H](c2ccccc2)C1.Cl. The van der Waals surface area contributed by atoms with Crippen LogP contribution in [0.5, 0.6) is 0 Å². The van der Waals surface area contributed by atoms with Crippen LogP contribution >= 0.6 is 12.4 Å². The average Bonchev–Trinajstić information content (AvgIpc) is 3.30. The molecule has 1 amide bonds. The minimum absolute atomic E-state index is 0. The summed E-state index contributed by atoms with van der Waals surface area (Å²) in [5.74, 6) is 0.602. The van der Waals surface area contributed by atoms with Gasteiger partial charge in [0, 0.05) is 19.0 Å². The largest absolute Gasteiger partial charge is 0.338 e. The van der Waals surface area contributed by atoms with Crippen LogP contribution in [-0.2, 0) is 0 Å². The smallest absolute Gasteiger partial charge is 0.257 e. The number of para-hydroxylation sites is 1. The predicted octanol–water partition coefficient (Wildman–Crippen LogP) is 3.73. The fraction of sp³-hybridized carbons (Fsp3) is 0.304. The fourth-order valence-corrected chi connectivity index (χ4v) is 4.28. The summed E-state index contributed by atoms with van der Waals surface area (Å²) in [6.07, 6.45) is 0. The van der Waals surface area contributed by atoms with Gasteiger partial charge in [-0.15, -0.1) is 12.4 Å². The minimum Gasteiger partial charge on any atom is -0.338 e. The van der Waals surface area contributed by atoms with E-state index in [1.807, 2.05) is 72.0 Å². The maximum atomic E-state index is 13.4. The third kappa shape index (κ3) is 3.93. The van der Waals surface area contributed by atoms with Crippen molar-refractivity contribution in [3.8, 4) is 5.69 Å². The lowest BCUT2D eigenvalue weighted by Gasteiger charge is -2.17. The topological polar surface area (TPSA) is 64.2 Å². The van der Waals surface area contributed by atoms with Crippen LogP contribution in [0.1, 0.15) is 33.2 Å². The molecule has 2 aromatic carbocycles. The first-order valence-corrected chi connectivity index (χ1v) is 9.76. The summed E-state index contributed by atoms with van der Waals surface area (Å²) in [6, 6.07) is 20.3. The minimum atomic E-state index is 0. The molecule has 4 rings (SSSR count). The number of halogens is 1. The van der Waals surface area contributed by atoms with E-state index in [9.17, 15) is 4.79 Å². The highest BCUT2D eigenvalue weighted by molar-refractivity contribution is 5.96. The van der Waals surface area contributed by atoms with Gasteiger partial charge >= 0.3 is 0 Å². The normalized spacial score (nSPS) is 18.5. The molecule has 1 fully saturated rings. The van der Waals surface area contributed by atoms with Crippen molar-refractivity contribution in [1.82, 2.24) is 14.7 Å². The molecule has 2 atom stereocenters. The number of aryl methyl sites for hydroxylation is 1. The first-order valence-electron chi connectivity index (χ1n) is 9.76. The molecule has 0 saturated carbocycles. The molecule has 6 heteroatoms. The number of hydrogen-bond acceptors (Lipinski definition) is 3. The van der Waals surface area contributed by atoms with Gasteiger partial charge in [0.25, 0.3) is 5.91 Å². The second-order valence-electron chi connectivity index (χ2n) is 7.52. The van der Waals surface area contributed by atoms with Crippen LogP contribution in [-0.4, -0.2) is 40.2 Å². The molecule has 2 heterocycles. The summed E-state index contributed by atoms with van der Waals surface area (Å²) >= 11 is 0. The van der Waals surface area contributed by atoms with E-state index in [-0.39, 0.29) is 30.2 Å². The maximum absolute atomic E-state index is 13.4. The van der Waals surface area contributed by atoms with E-state index < -0.39 is 0 Å². The van der Waals surface area contributed by atoms with Crippen LogP contribution in [0.15, 0.2) is 60.7 Å². The van der Waals surface area contributed by atoms with E-state index in [1.165, 1.54) is 5.56 Å².